The van der Waals surface area contributed by atoms with Crippen molar-refractivity contribution in [2.45, 2.75) is 32.2 Å². The van der Waals surface area contributed by atoms with Crippen molar-refractivity contribution >= 4 is 33.8 Å². The monoisotopic (exact) mass is 475 g/mol. The van der Waals surface area contributed by atoms with E-state index in [9.17, 15) is 4.39 Å². The number of benzene rings is 3. The van der Waals surface area contributed by atoms with Crippen LogP contribution in [0.5, 0.6) is 0 Å². The average Bonchev–Trinajstić information content (AvgIpc) is 3.48. The normalized spacial score (nSPS) is 15.8. The van der Waals surface area contributed by atoms with Crippen molar-refractivity contribution in [1.82, 2.24) is 4.98 Å². The Kier molecular flexibility index (Phi) is 6.00. The fourth-order valence-corrected chi connectivity index (χ4v) is 4.95. The van der Waals surface area contributed by atoms with E-state index < -0.39 is 0 Å². The van der Waals surface area contributed by atoms with Gasteiger partial charge in [0.25, 0.3) is 0 Å². The Labute approximate surface area is 202 Å². The highest BCUT2D eigenvalue weighted by Gasteiger charge is 2.31. The zero-order valence-electron chi connectivity index (χ0n) is 18.4. The Balaban J connectivity index is 1.51. The van der Waals surface area contributed by atoms with Gasteiger partial charge in [-0.1, -0.05) is 74.0 Å². The highest BCUT2D eigenvalue weighted by Crippen LogP contribution is 2.39. The first-order chi connectivity index (χ1) is 16.0. The highest BCUT2D eigenvalue weighted by atomic mass is 35.5. The third kappa shape index (κ3) is 4.56. The van der Waals surface area contributed by atoms with Crippen LogP contribution >= 0.6 is 22.9 Å². The van der Waals surface area contributed by atoms with E-state index in [-0.39, 0.29) is 11.9 Å². The Morgan fingerprint density at radius 3 is 2.27 bits per heavy atom. The largest absolute Gasteiger partial charge is 0.231 e. The number of thiazole rings is 1. The van der Waals surface area contributed by atoms with Crippen LogP contribution in [0.2, 0.25) is 5.02 Å². The van der Waals surface area contributed by atoms with Gasteiger partial charge < -0.3 is 0 Å². The molecule has 0 saturated carbocycles. The minimum atomic E-state index is -0.248. The molecule has 4 aromatic rings. The van der Waals surface area contributed by atoms with E-state index >= 15 is 0 Å². The van der Waals surface area contributed by atoms with Gasteiger partial charge in [-0.2, -0.15) is 5.10 Å². The van der Waals surface area contributed by atoms with Crippen molar-refractivity contribution in [2.24, 2.45) is 5.10 Å². The van der Waals surface area contributed by atoms with Gasteiger partial charge in [-0.05, 0) is 46.9 Å². The van der Waals surface area contributed by atoms with E-state index in [1.54, 1.807) is 23.5 Å². The molecule has 2 heterocycles. The number of halogens is 2. The molecule has 1 aliphatic heterocycles. The predicted octanol–water partition coefficient (Wildman–Crippen LogP) is 8.08. The molecule has 33 heavy (non-hydrogen) atoms. The number of rotatable bonds is 5. The maximum absolute atomic E-state index is 13.5. The molecule has 0 fully saturated rings. The Bertz CT molecular complexity index is 1280. The molecule has 1 aromatic heterocycles. The van der Waals surface area contributed by atoms with Gasteiger partial charge in [0.2, 0.25) is 5.13 Å². The quantitative estimate of drug-likeness (QED) is 0.292. The summed E-state index contributed by atoms with van der Waals surface area (Å²) < 4.78 is 13.5. The Morgan fingerprint density at radius 2 is 1.61 bits per heavy atom. The fraction of sp³-hybridized carbons (Fsp3) is 0.185. The summed E-state index contributed by atoms with van der Waals surface area (Å²) >= 11 is 7.61. The second kappa shape index (κ2) is 9.08. The second-order valence-corrected chi connectivity index (χ2v) is 9.73. The van der Waals surface area contributed by atoms with E-state index in [1.165, 1.54) is 23.3 Å². The lowest BCUT2D eigenvalue weighted by molar-refractivity contribution is 0.627. The first-order valence-electron chi connectivity index (χ1n) is 10.9. The minimum Gasteiger partial charge on any atom is -0.231 e. The molecule has 0 N–H and O–H groups in total. The average molecular weight is 476 g/mol. The van der Waals surface area contributed by atoms with Crippen molar-refractivity contribution < 1.29 is 4.39 Å². The number of hydrazone groups is 1. The van der Waals surface area contributed by atoms with Crippen LogP contribution in [0.4, 0.5) is 9.52 Å². The van der Waals surface area contributed by atoms with Gasteiger partial charge in [0.1, 0.15) is 5.82 Å². The molecule has 1 atom stereocenters. The standard InChI is InChI=1S/C27H23ClFN3S/c1-17(2)18-3-5-21(6-4-18)26-15-24(19-9-13-23(29)14-10-19)31-32(26)27-30-25(16-33-27)20-7-11-22(28)12-8-20/h3-14,16-17,26H,15H2,1-2H3. The molecule has 3 nitrogen and oxygen atoms in total. The van der Waals surface area contributed by atoms with Gasteiger partial charge >= 0.3 is 0 Å². The van der Waals surface area contributed by atoms with Gasteiger partial charge in [-0.3, -0.25) is 0 Å². The summed E-state index contributed by atoms with van der Waals surface area (Å²) in [5, 5.41) is 10.5. The lowest BCUT2D eigenvalue weighted by atomic mass is 9.95. The summed E-state index contributed by atoms with van der Waals surface area (Å²) in [7, 11) is 0. The molecule has 6 heteroatoms. The third-order valence-corrected chi connectivity index (χ3v) is 6.99. The van der Waals surface area contributed by atoms with Crippen molar-refractivity contribution in [2.75, 3.05) is 5.01 Å². The molecule has 166 valence electrons. The number of hydrogen-bond acceptors (Lipinski definition) is 4. The summed E-state index contributed by atoms with van der Waals surface area (Å²) in [6.45, 7) is 4.39. The molecule has 0 saturated heterocycles. The van der Waals surface area contributed by atoms with E-state index in [0.717, 1.165) is 34.1 Å². The van der Waals surface area contributed by atoms with Crippen LogP contribution in [0.25, 0.3) is 11.3 Å². The number of hydrogen-bond donors (Lipinski definition) is 0. The molecule has 0 spiro atoms. The summed E-state index contributed by atoms with van der Waals surface area (Å²) in [5.74, 6) is 0.230. The number of nitrogens with zero attached hydrogens (tertiary/aromatic N) is 3. The summed E-state index contributed by atoms with van der Waals surface area (Å²) in [6, 6.07) is 23.0. The van der Waals surface area contributed by atoms with Crippen molar-refractivity contribution in [3.05, 3.63) is 106 Å². The zero-order chi connectivity index (χ0) is 22.9. The van der Waals surface area contributed by atoms with Gasteiger partial charge in [0.15, 0.2) is 0 Å². The van der Waals surface area contributed by atoms with Crippen molar-refractivity contribution in [1.29, 1.82) is 0 Å². The van der Waals surface area contributed by atoms with Gasteiger partial charge in [0, 0.05) is 22.4 Å². The van der Waals surface area contributed by atoms with Crippen LogP contribution in [0.3, 0.4) is 0 Å². The van der Waals surface area contributed by atoms with Crippen molar-refractivity contribution in [3.8, 4) is 11.3 Å². The van der Waals surface area contributed by atoms with Gasteiger partial charge in [-0.15, -0.1) is 11.3 Å². The van der Waals surface area contributed by atoms with Crippen molar-refractivity contribution in [3.63, 3.8) is 0 Å². The highest BCUT2D eigenvalue weighted by molar-refractivity contribution is 7.14. The molecule has 3 aromatic carbocycles. The topological polar surface area (TPSA) is 28.5 Å². The predicted molar refractivity (Wildman–Crippen MR) is 136 cm³/mol. The van der Waals surface area contributed by atoms with Crippen LogP contribution in [-0.2, 0) is 0 Å². The lowest BCUT2D eigenvalue weighted by Gasteiger charge is -2.21. The maximum atomic E-state index is 13.5. The van der Waals surface area contributed by atoms with E-state index in [2.05, 4.69) is 38.1 Å². The number of anilines is 1. The zero-order valence-corrected chi connectivity index (χ0v) is 19.9. The lowest BCUT2D eigenvalue weighted by Crippen LogP contribution is -2.18. The SMILES string of the molecule is CC(C)c1ccc(C2CC(c3ccc(F)cc3)=NN2c2nc(-c3ccc(Cl)cc3)cs2)cc1. The molecule has 1 unspecified atom stereocenters. The molecule has 0 bridgehead atoms. The Hall–Kier alpha value is -3.02. The van der Waals surface area contributed by atoms with Crippen LogP contribution in [0.15, 0.2) is 83.3 Å². The molecule has 5 rings (SSSR count). The number of aromatic nitrogens is 1. The van der Waals surface area contributed by atoms with E-state index in [4.69, 9.17) is 21.7 Å². The van der Waals surface area contributed by atoms with Crippen LogP contribution in [0, 0.1) is 5.82 Å². The van der Waals surface area contributed by atoms with E-state index in [1.807, 2.05) is 34.7 Å². The summed E-state index contributed by atoms with van der Waals surface area (Å²) in [5.41, 5.74) is 6.26. The fourth-order valence-electron chi connectivity index (χ4n) is 3.99. The second-order valence-electron chi connectivity index (χ2n) is 8.46. The first kappa shape index (κ1) is 21.8. The van der Waals surface area contributed by atoms with Crippen LogP contribution < -0.4 is 5.01 Å². The van der Waals surface area contributed by atoms with Gasteiger partial charge in [0.05, 0.1) is 17.4 Å². The summed E-state index contributed by atoms with van der Waals surface area (Å²) in [4.78, 5) is 4.89. The summed E-state index contributed by atoms with van der Waals surface area (Å²) in [6.07, 6.45) is 0.725. The first-order valence-corrected chi connectivity index (χ1v) is 12.2. The molecule has 0 amide bonds. The minimum absolute atomic E-state index is 0.0236. The maximum Gasteiger partial charge on any atom is 0.207 e. The molecule has 0 aliphatic carbocycles. The molecule has 1 aliphatic rings. The molecule has 0 radical (unpaired) electrons. The third-order valence-electron chi connectivity index (χ3n) is 5.90. The molecular formula is C27H23ClFN3S. The van der Waals surface area contributed by atoms with Gasteiger partial charge in [-0.25, -0.2) is 14.4 Å². The smallest absolute Gasteiger partial charge is 0.207 e. The van der Waals surface area contributed by atoms with Crippen LogP contribution in [-0.4, -0.2) is 10.7 Å². The van der Waals surface area contributed by atoms with E-state index in [0.29, 0.717) is 10.9 Å². The molecular weight excluding hydrogens is 453 g/mol. The Morgan fingerprint density at radius 1 is 0.939 bits per heavy atom. The van der Waals surface area contributed by atoms with Crippen LogP contribution in [0.1, 0.15) is 48.9 Å².